The molecule has 2 rings (SSSR count). The van der Waals surface area contributed by atoms with Crippen molar-refractivity contribution < 1.29 is 0 Å². The van der Waals surface area contributed by atoms with E-state index >= 15 is 0 Å². The second kappa shape index (κ2) is 6.90. The molecule has 0 saturated carbocycles. The maximum absolute atomic E-state index is 4.46. The molecule has 1 saturated heterocycles. The van der Waals surface area contributed by atoms with Crippen LogP contribution in [0.2, 0.25) is 0 Å². The highest BCUT2D eigenvalue weighted by molar-refractivity contribution is 5.54. The van der Waals surface area contributed by atoms with Crippen molar-refractivity contribution in [2.75, 3.05) is 18.5 Å². The molecule has 1 atom stereocenters. The molecule has 3 nitrogen and oxygen atoms in total. The summed E-state index contributed by atoms with van der Waals surface area (Å²) >= 11 is 0. The summed E-state index contributed by atoms with van der Waals surface area (Å²) in [5, 5.41) is 3.26. The van der Waals surface area contributed by atoms with Crippen LogP contribution in [0.15, 0.2) is 12.3 Å². The van der Waals surface area contributed by atoms with Crippen LogP contribution in [0, 0.1) is 6.92 Å². The fourth-order valence-electron chi connectivity index (χ4n) is 3.09. The molecule has 1 N–H and O–H groups in total. The van der Waals surface area contributed by atoms with Gasteiger partial charge in [0.05, 0.1) is 0 Å². The topological polar surface area (TPSA) is 28.2 Å². The van der Waals surface area contributed by atoms with Gasteiger partial charge in [-0.15, -0.1) is 0 Å². The number of rotatable bonds is 4. The van der Waals surface area contributed by atoms with E-state index in [-0.39, 0.29) is 0 Å². The summed E-state index contributed by atoms with van der Waals surface area (Å²) in [6.07, 6.45) is 8.67. The van der Waals surface area contributed by atoms with E-state index in [0.717, 1.165) is 12.2 Å². The van der Waals surface area contributed by atoms with Gasteiger partial charge in [-0.3, -0.25) is 4.98 Å². The van der Waals surface area contributed by atoms with Crippen molar-refractivity contribution >= 4 is 5.69 Å². The Hall–Kier alpha value is -1.09. The summed E-state index contributed by atoms with van der Waals surface area (Å²) in [5.41, 5.74) is 3.85. The molecular formula is C16H27N3. The van der Waals surface area contributed by atoms with Crippen LogP contribution in [0.3, 0.4) is 0 Å². The summed E-state index contributed by atoms with van der Waals surface area (Å²) in [4.78, 5) is 7.09. The van der Waals surface area contributed by atoms with Gasteiger partial charge in [0.15, 0.2) is 0 Å². The predicted molar refractivity (Wildman–Crippen MR) is 81.6 cm³/mol. The van der Waals surface area contributed by atoms with E-state index < -0.39 is 0 Å². The van der Waals surface area contributed by atoms with Crippen LogP contribution in [0.25, 0.3) is 0 Å². The first kappa shape index (κ1) is 14.3. The molecule has 0 radical (unpaired) electrons. The van der Waals surface area contributed by atoms with Gasteiger partial charge in [-0.1, -0.05) is 19.8 Å². The van der Waals surface area contributed by atoms with Gasteiger partial charge in [0, 0.05) is 42.3 Å². The van der Waals surface area contributed by atoms with Crippen molar-refractivity contribution in [1.82, 2.24) is 10.3 Å². The Bertz CT molecular complexity index is 403. The van der Waals surface area contributed by atoms with Gasteiger partial charge in [-0.05, 0) is 39.3 Å². The molecule has 1 fully saturated rings. The molecule has 1 unspecified atom stereocenters. The minimum Gasteiger partial charge on any atom is -0.368 e. The van der Waals surface area contributed by atoms with Crippen LogP contribution in [-0.2, 0) is 6.54 Å². The standard InChI is InChI=1S/C16H27N3/c1-4-15-8-6-5-7-9-19(15)16-10-13(2)18-12-14(16)11-17-3/h10,12,15,17H,4-9,11H2,1-3H3. The first-order valence-electron chi connectivity index (χ1n) is 7.63. The second-order valence-electron chi connectivity index (χ2n) is 5.59. The van der Waals surface area contributed by atoms with Gasteiger partial charge in [-0.2, -0.15) is 0 Å². The first-order valence-corrected chi connectivity index (χ1v) is 7.63. The summed E-state index contributed by atoms with van der Waals surface area (Å²) in [5.74, 6) is 0. The van der Waals surface area contributed by atoms with Crippen molar-refractivity contribution in [3.8, 4) is 0 Å². The minimum absolute atomic E-state index is 0.694. The quantitative estimate of drug-likeness (QED) is 0.901. The highest BCUT2D eigenvalue weighted by atomic mass is 15.2. The molecule has 1 aliphatic rings. The zero-order valence-corrected chi connectivity index (χ0v) is 12.6. The molecule has 1 aromatic rings. The van der Waals surface area contributed by atoms with Gasteiger partial charge in [-0.25, -0.2) is 0 Å². The highest BCUT2D eigenvalue weighted by Gasteiger charge is 2.21. The molecule has 0 aliphatic carbocycles. The fraction of sp³-hybridized carbons (Fsp3) is 0.688. The van der Waals surface area contributed by atoms with Gasteiger partial charge >= 0.3 is 0 Å². The number of hydrogen-bond acceptors (Lipinski definition) is 3. The Kier molecular flexibility index (Phi) is 5.20. The van der Waals surface area contributed by atoms with Gasteiger partial charge in [0.1, 0.15) is 0 Å². The summed E-state index contributed by atoms with van der Waals surface area (Å²) in [7, 11) is 2.00. The Balaban J connectivity index is 2.33. The lowest BCUT2D eigenvalue weighted by molar-refractivity contribution is 0.554. The summed E-state index contributed by atoms with van der Waals surface area (Å²) in [6, 6.07) is 2.96. The monoisotopic (exact) mass is 261 g/mol. The van der Waals surface area contributed by atoms with Crippen molar-refractivity contribution in [2.45, 2.75) is 58.5 Å². The number of pyridine rings is 1. The molecule has 1 aliphatic heterocycles. The molecule has 1 aromatic heterocycles. The van der Waals surface area contributed by atoms with E-state index in [4.69, 9.17) is 0 Å². The molecular weight excluding hydrogens is 234 g/mol. The van der Waals surface area contributed by atoms with Crippen molar-refractivity contribution in [1.29, 1.82) is 0 Å². The van der Waals surface area contributed by atoms with E-state index in [1.807, 2.05) is 13.2 Å². The van der Waals surface area contributed by atoms with E-state index in [2.05, 4.69) is 35.1 Å². The molecule has 19 heavy (non-hydrogen) atoms. The lowest BCUT2D eigenvalue weighted by atomic mass is 10.1. The normalized spacial score (nSPS) is 20.4. The first-order chi connectivity index (χ1) is 9.26. The molecule has 3 heteroatoms. The van der Waals surface area contributed by atoms with Gasteiger partial charge in [0.25, 0.3) is 0 Å². The maximum atomic E-state index is 4.46. The molecule has 0 spiro atoms. The maximum Gasteiger partial charge on any atom is 0.0448 e. The Morgan fingerprint density at radius 2 is 2.21 bits per heavy atom. The molecule has 2 heterocycles. The number of aryl methyl sites for hydroxylation is 1. The number of hydrogen-bond donors (Lipinski definition) is 1. The largest absolute Gasteiger partial charge is 0.368 e. The van der Waals surface area contributed by atoms with Gasteiger partial charge in [0.2, 0.25) is 0 Å². The van der Waals surface area contributed by atoms with E-state index in [1.54, 1.807) is 0 Å². The van der Waals surface area contributed by atoms with Crippen LogP contribution >= 0.6 is 0 Å². The zero-order chi connectivity index (χ0) is 13.7. The average Bonchev–Trinajstić information content (AvgIpc) is 2.66. The third-order valence-corrected chi connectivity index (χ3v) is 4.12. The molecule has 0 amide bonds. The second-order valence-corrected chi connectivity index (χ2v) is 5.59. The zero-order valence-electron chi connectivity index (χ0n) is 12.6. The SMILES string of the molecule is CCC1CCCCCN1c1cc(C)ncc1CNC. The predicted octanol–water partition coefficient (Wildman–Crippen LogP) is 3.27. The third kappa shape index (κ3) is 3.47. The van der Waals surface area contributed by atoms with Gasteiger partial charge < -0.3 is 10.2 Å². The number of aromatic nitrogens is 1. The summed E-state index contributed by atoms with van der Waals surface area (Å²) < 4.78 is 0. The van der Waals surface area contributed by atoms with E-state index in [1.165, 1.54) is 49.9 Å². The molecule has 0 aromatic carbocycles. The Labute approximate surface area is 117 Å². The number of nitrogens with one attached hydrogen (secondary N) is 1. The van der Waals surface area contributed by atoms with Crippen LogP contribution < -0.4 is 10.2 Å². The van der Waals surface area contributed by atoms with E-state index in [9.17, 15) is 0 Å². The number of nitrogens with zero attached hydrogens (tertiary/aromatic N) is 2. The summed E-state index contributed by atoms with van der Waals surface area (Å²) in [6.45, 7) is 6.49. The lowest BCUT2D eigenvalue weighted by Gasteiger charge is -2.33. The van der Waals surface area contributed by atoms with Crippen LogP contribution in [0.5, 0.6) is 0 Å². The lowest BCUT2D eigenvalue weighted by Crippen LogP contribution is -2.35. The molecule has 0 bridgehead atoms. The average molecular weight is 261 g/mol. The van der Waals surface area contributed by atoms with Crippen LogP contribution in [0.4, 0.5) is 5.69 Å². The minimum atomic E-state index is 0.694. The van der Waals surface area contributed by atoms with E-state index in [0.29, 0.717) is 6.04 Å². The highest BCUT2D eigenvalue weighted by Crippen LogP contribution is 2.29. The van der Waals surface area contributed by atoms with Crippen LogP contribution in [0.1, 0.15) is 50.3 Å². The molecule has 106 valence electrons. The fourth-order valence-corrected chi connectivity index (χ4v) is 3.09. The third-order valence-electron chi connectivity index (χ3n) is 4.12. The Morgan fingerprint density at radius 1 is 1.37 bits per heavy atom. The Morgan fingerprint density at radius 3 is 2.95 bits per heavy atom. The van der Waals surface area contributed by atoms with Crippen molar-refractivity contribution in [3.63, 3.8) is 0 Å². The number of anilines is 1. The van der Waals surface area contributed by atoms with Crippen LogP contribution in [-0.4, -0.2) is 24.6 Å². The van der Waals surface area contributed by atoms with Crippen molar-refractivity contribution in [3.05, 3.63) is 23.5 Å². The smallest absolute Gasteiger partial charge is 0.0448 e. The van der Waals surface area contributed by atoms with Crippen molar-refractivity contribution in [2.24, 2.45) is 0 Å².